The summed E-state index contributed by atoms with van der Waals surface area (Å²) in [5, 5.41) is 3.81. The normalized spacial score (nSPS) is 11.9. The Kier molecular flexibility index (Phi) is 4.51. The minimum atomic E-state index is -0.164. The molecule has 1 N–H and O–H groups in total. The zero-order valence-corrected chi connectivity index (χ0v) is 14.6. The second-order valence-corrected chi connectivity index (χ2v) is 5.74. The van der Waals surface area contributed by atoms with Crippen LogP contribution in [0.5, 0.6) is 11.5 Å². The third kappa shape index (κ3) is 2.98. The van der Waals surface area contributed by atoms with Crippen LogP contribution in [0.1, 0.15) is 21.6 Å². The Labute approximate surface area is 151 Å². The summed E-state index contributed by atoms with van der Waals surface area (Å²) in [6, 6.07) is 13.1. The molecule has 0 atom stereocenters. The number of rotatable bonds is 2. The Morgan fingerprint density at radius 3 is 2.48 bits per heavy atom. The predicted octanol–water partition coefficient (Wildman–Crippen LogP) is 4.25. The Bertz CT molecular complexity index is 958. The second-order valence-electron chi connectivity index (χ2n) is 5.74. The Hall–Kier alpha value is -2.79. The third-order valence-electron chi connectivity index (χ3n) is 4.18. The maximum Gasteiger partial charge on any atom is 0.257 e. The van der Waals surface area contributed by atoms with Gasteiger partial charge in [0.1, 0.15) is 0 Å². The van der Waals surface area contributed by atoms with Crippen molar-refractivity contribution in [2.24, 2.45) is 0 Å². The molecule has 1 aliphatic rings. The molecule has 128 valence electrons. The lowest BCUT2D eigenvalue weighted by atomic mass is 10.0. The molecule has 0 fully saturated rings. The minimum absolute atomic E-state index is 0. The highest BCUT2D eigenvalue weighted by Crippen LogP contribution is 2.37. The van der Waals surface area contributed by atoms with Crippen molar-refractivity contribution in [1.82, 2.24) is 4.98 Å². The van der Waals surface area contributed by atoms with Gasteiger partial charge in [0.15, 0.2) is 11.5 Å². The van der Waals surface area contributed by atoms with Gasteiger partial charge in [0, 0.05) is 17.1 Å². The number of hydrogen-bond donors (Lipinski definition) is 1. The van der Waals surface area contributed by atoms with Gasteiger partial charge in [-0.25, -0.2) is 0 Å². The number of anilines is 1. The fourth-order valence-corrected chi connectivity index (χ4v) is 3.02. The van der Waals surface area contributed by atoms with E-state index in [-0.39, 0.29) is 25.1 Å². The topological polar surface area (TPSA) is 60.5 Å². The van der Waals surface area contributed by atoms with E-state index in [1.54, 1.807) is 0 Å². The van der Waals surface area contributed by atoms with Gasteiger partial charge in [-0.15, -0.1) is 12.4 Å². The molecule has 0 aliphatic carbocycles. The van der Waals surface area contributed by atoms with Crippen LogP contribution in [0.4, 0.5) is 5.69 Å². The molecule has 0 unspecified atom stereocenters. The summed E-state index contributed by atoms with van der Waals surface area (Å²) in [5.74, 6) is 1.21. The molecule has 0 spiro atoms. The first kappa shape index (κ1) is 17.0. The minimum Gasteiger partial charge on any atom is -0.454 e. The molecule has 2 heterocycles. The maximum absolute atomic E-state index is 12.7. The largest absolute Gasteiger partial charge is 0.454 e. The van der Waals surface area contributed by atoms with Gasteiger partial charge in [-0.05, 0) is 37.6 Å². The molecule has 2 aromatic carbocycles. The van der Waals surface area contributed by atoms with Crippen molar-refractivity contribution in [1.29, 1.82) is 0 Å². The SMILES string of the molecule is Cc1nc2cc3c(cc2c(C)c1C(=O)Nc1ccccc1)OCO3.Cl. The van der Waals surface area contributed by atoms with Crippen molar-refractivity contribution >= 4 is 34.9 Å². The van der Waals surface area contributed by atoms with Gasteiger partial charge in [0.25, 0.3) is 5.91 Å². The number of nitrogens with one attached hydrogen (secondary N) is 1. The van der Waals surface area contributed by atoms with E-state index in [2.05, 4.69) is 10.3 Å². The van der Waals surface area contributed by atoms with E-state index in [4.69, 9.17) is 9.47 Å². The number of aromatic nitrogens is 1. The summed E-state index contributed by atoms with van der Waals surface area (Å²) in [7, 11) is 0. The number of ether oxygens (including phenoxy) is 2. The molecule has 0 radical (unpaired) electrons. The first-order valence-corrected chi connectivity index (χ1v) is 7.70. The van der Waals surface area contributed by atoms with Gasteiger partial charge < -0.3 is 14.8 Å². The number of halogens is 1. The average molecular weight is 357 g/mol. The number of nitrogens with zero attached hydrogens (tertiary/aromatic N) is 1. The van der Waals surface area contributed by atoms with Gasteiger partial charge in [-0.2, -0.15) is 0 Å². The van der Waals surface area contributed by atoms with Crippen molar-refractivity contribution in [3.8, 4) is 11.5 Å². The number of hydrogen-bond acceptors (Lipinski definition) is 4. The van der Waals surface area contributed by atoms with E-state index >= 15 is 0 Å². The Balaban J connectivity index is 0.00000182. The van der Waals surface area contributed by atoms with Gasteiger partial charge in [0.05, 0.1) is 16.8 Å². The summed E-state index contributed by atoms with van der Waals surface area (Å²) in [4.78, 5) is 17.3. The van der Waals surface area contributed by atoms with E-state index in [0.29, 0.717) is 22.8 Å². The van der Waals surface area contributed by atoms with Gasteiger partial charge in [-0.1, -0.05) is 18.2 Å². The number of benzene rings is 2. The van der Waals surface area contributed by atoms with Crippen LogP contribution in [0.25, 0.3) is 10.9 Å². The van der Waals surface area contributed by atoms with Crippen molar-refractivity contribution in [2.45, 2.75) is 13.8 Å². The quantitative estimate of drug-likeness (QED) is 0.745. The van der Waals surface area contributed by atoms with Gasteiger partial charge in [0.2, 0.25) is 6.79 Å². The van der Waals surface area contributed by atoms with Crippen molar-refractivity contribution < 1.29 is 14.3 Å². The van der Waals surface area contributed by atoms with Crippen LogP contribution >= 0.6 is 12.4 Å². The lowest BCUT2D eigenvalue weighted by Gasteiger charge is -2.13. The van der Waals surface area contributed by atoms with Crippen LogP contribution in [0.2, 0.25) is 0 Å². The van der Waals surface area contributed by atoms with Crippen molar-refractivity contribution in [3.63, 3.8) is 0 Å². The number of para-hydroxylation sites is 1. The lowest BCUT2D eigenvalue weighted by molar-refractivity contribution is 0.102. The van der Waals surface area contributed by atoms with E-state index in [9.17, 15) is 4.79 Å². The fourth-order valence-electron chi connectivity index (χ4n) is 3.02. The van der Waals surface area contributed by atoms with Crippen LogP contribution < -0.4 is 14.8 Å². The number of amides is 1. The molecular weight excluding hydrogens is 340 g/mol. The zero-order chi connectivity index (χ0) is 16.7. The summed E-state index contributed by atoms with van der Waals surface area (Å²) >= 11 is 0. The van der Waals surface area contributed by atoms with Gasteiger partial charge in [-0.3, -0.25) is 9.78 Å². The first-order valence-electron chi connectivity index (χ1n) is 7.70. The van der Waals surface area contributed by atoms with E-state index in [0.717, 1.165) is 22.2 Å². The predicted molar refractivity (Wildman–Crippen MR) is 99.0 cm³/mol. The highest BCUT2D eigenvalue weighted by Gasteiger charge is 2.20. The highest BCUT2D eigenvalue weighted by atomic mass is 35.5. The van der Waals surface area contributed by atoms with Crippen LogP contribution in [0.3, 0.4) is 0 Å². The smallest absolute Gasteiger partial charge is 0.257 e. The molecular formula is C19H17ClN2O3. The molecule has 1 aromatic heterocycles. The monoisotopic (exact) mass is 356 g/mol. The van der Waals surface area contributed by atoms with Crippen LogP contribution in [0, 0.1) is 13.8 Å². The zero-order valence-electron chi connectivity index (χ0n) is 13.8. The van der Waals surface area contributed by atoms with Gasteiger partial charge >= 0.3 is 0 Å². The molecule has 25 heavy (non-hydrogen) atoms. The van der Waals surface area contributed by atoms with Crippen molar-refractivity contribution in [3.05, 3.63) is 59.3 Å². The number of pyridine rings is 1. The van der Waals surface area contributed by atoms with E-state index < -0.39 is 0 Å². The molecule has 1 amide bonds. The third-order valence-corrected chi connectivity index (χ3v) is 4.18. The first-order chi connectivity index (χ1) is 11.6. The molecule has 0 bridgehead atoms. The molecule has 1 aliphatic heterocycles. The Morgan fingerprint density at radius 2 is 1.76 bits per heavy atom. The summed E-state index contributed by atoms with van der Waals surface area (Å²) < 4.78 is 10.8. The maximum atomic E-state index is 12.7. The number of aryl methyl sites for hydroxylation is 2. The number of carbonyl (C=O) groups is 1. The average Bonchev–Trinajstić information content (AvgIpc) is 3.01. The number of carbonyl (C=O) groups excluding carboxylic acids is 1. The highest BCUT2D eigenvalue weighted by molar-refractivity contribution is 6.08. The summed E-state index contributed by atoms with van der Waals surface area (Å²) in [5.41, 5.74) is 3.71. The fraction of sp³-hybridized carbons (Fsp3) is 0.158. The van der Waals surface area contributed by atoms with Crippen LogP contribution in [-0.2, 0) is 0 Å². The molecule has 6 heteroatoms. The summed E-state index contributed by atoms with van der Waals surface area (Å²) in [6.07, 6.45) is 0. The summed E-state index contributed by atoms with van der Waals surface area (Å²) in [6.45, 7) is 3.99. The van der Waals surface area contributed by atoms with Crippen molar-refractivity contribution in [2.75, 3.05) is 12.1 Å². The molecule has 5 nitrogen and oxygen atoms in total. The lowest BCUT2D eigenvalue weighted by Crippen LogP contribution is -2.16. The number of fused-ring (bicyclic) bond motifs is 2. The van der Waals surface area contributed by atoms with E-state index in [1.165, 1.54) is 0 Å². The van der Waals surface area contributed by atoms with Crippen LogP contribution in [0.15, 0.2) is 42.5 Å². The second kappa shape index (κ2) is 6.61. The molecule has 3 aromatic rings. The van der Waals surface area contributed by atoms with E-state index in [1.807, 2.05) is 56.3 Å². The van der Waals surface area contributed by atoms with Crippen LogP contribution in [-0.4, -0.2) is 17.7 Å². The standard InChI is InChI=1S/C19H16N2O3.ClH/c1-11-14-8-16-17(24-10-23-16)9-15(14)20-12(2)18(11)19(22)21-13-6-4-3-5-7-13;/h3-9H,10H2,1-2H3,(H,21,22);1H. The molecule has 4 rings (SSSR count). The Morgan fingerprint density at radius 1 is 1.08 bits per heavy atom. The molecule has 0 saturated carbocycles. The molecule has 0 saturated heterocycles.